The van der Waals surface area contributed by atoms with Gasteiger partial charge in [0.25, 0.3) is 16.8 Å². The average Bonchev–Trinajstić information content (AvgIpc) is 3.46. The van der Waals surface area contributed by atoms with Gasteiger partial charge in [0.15, 0.2) is 11.5 Å². The monoisotopic (exact) mass is 525 g/mol. The standard InChI is InChI=1S/C25H20ClN3O6S/c1-13-6-18(29(32)33)4-5-20(13)28-14(2)7-16(15(28)3)9-23-24(30)27(25(31)36-23)11-17-8-21-22(10-19(17)26)35-12-34-21/h4-10H,11-12H2,1-3H3/b23-9-. The van der Waals surface area contributed by atoms with Gasteiger partial charge in [-0.1, -0.05) is 11.6 Å². The van der Waals surface area contributed by atoms with Crippen molar-refractivity contribution in [1.82, 2.24) is 9.47 Å². The summed E-state index contributed by atoms with van der Waals surface area (Å²) in [4.78, 5) is 38.0. The largest absolute Gasteiger partial charge is 0.454 e. The number of carbonyl (C=O) groups excluding carboxylic acids is 2. The molecule has 0 unspecified atom stereocenters. The maximum Gasteiger partial charge on any atom is 0.293 e. The van der Waals surface area contributed by atoms with E-state index in [2.05, 4.69) is 0 Å². The molecule has 3 aromatic rings. The Bertz CT molecular complexity index is 1500. The second-order valence-electron chi connectivity index (χ2n) is 8.45. The molecule has 1 aromatic heterocycles. The van der Waals surface area contributed by atoms with Gasteiger partial charge in [0.1, 0.15) is 0 Å². The molecule has 2 aliphatic heterocycles. The molecule has 2 aliphatic rings. The molecule has 1 saturated heterocycles. The number of rotatable bonds is 5. The van der Waals surface area contributed by atoms with Gasteiger partial charge in [0.05, 0.1) is 16.4 Å². The fourth-order valence-electron chi connectivity index (χ4n) is 4.34. The Morgan fingerprint density at radius 2 is 1.83 bits per heavy atom. The number of amides is 2. The Balaban J connectivity index is 1.43. The van der Waals surface area contributed by atoms with Crippen LogP contribution in [0.1, 0.15) is 28.1 Å². The van der Waals surface area contributed by atoms with Gasteiger partial charge in [0.2, 0.25) is 6.79 Å². The highest BCUT2D eigenvalue weighted by molar-refractivity contribution is 8.18. The van der Waals surface area contributed by atoms with Crippen LogP contribution in [0.2, 0.25) is 5.02 Å². The van der Waals surface area contributed by atoms with Gasteiger partial charge in [-0.2, -0.15) is 0 Å². The van der Waals surface area contributed by atoms with Crippen LogP contribution in [0.5, 0.6) is 11.5 Å². The number of nitro groups is 1. The molecule has 0 spiro atoms. The minimum absolute atomic E-state index is 0.0124. The smallest absolute Gasteiger partial charge is 0.293 e. The molecule has 0 saturated carbocycles. The lowest BCUT2D eigenvalue weighted by molar-refractivity contribution is -0.384. The van der Waals surface area contributed by atoms with E-state index in [-0.39, 0.29) is 24.3 Å². The molecular weight excluding hydrogens is 506 g/mol. The van der Waals surface area contributed by atoms with Crippen molar-refractivity contribution >= 4 is 46.3 Å². The molecule has 5 rings (SSSR count). The first-order valence-electron chi connectivity index (χ1n) is 10.9. The minimum Gasteiger partial charge on any atom is -0.454 e. The number of nitro benzene ring substituents is 1. The number of aryl methyl sites for hydroxylation is 2. The van der Waals surface area contributed by atoms with E-state index < -0.39 is 10.8 Å². The number of carbonyl (C=O) groups is 2. The maximum absolute atomic E-state index is 13.1. The van der Waals surface area contributed by atoms with Gasteiger partial charge in [0, 0.05) is 40.3 Å². The Morgan fingerprint density at radius 1 is 1.11 bits per heavy atom. The summed E-state index contributed by atoms with van der Waals surface area (Å²) in [7, 11) is 0. The molecule has 0 aliphatic carbocycles. The van der Waals surface area contributed by atoms with Crippen molar-refractivity contribution < 1.29 is 24.0 Å². The van der Waals surface area contributed by atoms with Crippen LogP contribution in [-0.2, 0) is 11.3 Å². The molecular formula is C25H20ClN3O6S. The Morgan fingerprint density at radius 3 is 2.53 bits per heavy atom. The molecule has 2 aromatic carbocycles. The van der Waals surface area contributed by atoms with E-state index >= 15 is 0 Å². The number of fused-ring (bicyclic) bond motifs is 1. The zero-order valence-electron chi connectivity index (χ0n) is 19.5. The van der Waals surface area contributed by atoms with E-state index in [0.717, 1.165) is 44.9 Å². The number of non-ortho nitro benzene ring substituents is 1. The number of nitrogens with zero attached hydrogens (tertiary/aromatic N) is 3. The molecule has 184 valence electrons. The average molecular weight is 526 g/mol. The molecule has 3 heterocycles. The van der Waals surface area contributed by atoms with Gasteiger partial charge in [-0.05, 0) is 73.5 Å². The zero-order chi connectivity index (χ0) is 25.7. The molecule has 0 N–H and O–H groups in total. The minimum atomic E-state index is -0.426. The second kappa shape index (κ2) is 9.03. The van der Waals surface area contributed by atoms with Gasteiger partial charge in [-0.25, -0.2) is 0 Å². The lowest BCUT2D eigenvalue weighted by atomic mass is 10.1. The van der Waals surface area contributed by atoms with Crippen LogP contribution in [0.3, 0.4) is 0 Å². The molecule has 11 heteroatoms. The predicted octanol–water partition coefficient (Wildman–Crippen LogP) is 5.93. The topological polar surface area (TPSA) is 104 Å². The van der Waals surface area contributed by atoms with Gasteiger partial charge >= 0.3 is 0 Å². The van der Waals surface area contributed by atoms with Crippen LogP contribution in [0.4, 0.5) is 10.5 Å². The van der Waals surface area contributed by atoms with E-state index in [9.17, 15) is 19.7 Å². The van der Waals surface area contributed by atoms with Crippen molar-refractivity contribution in [3.63, 3.8) is 0 Å². The Hall–Kier alpha value is -3.76. The summed E-state index contributed by atoms with van der Waals surface area (Å²) in [6.45, 7) is 5.73. The lowest BCUT2D eigenvalue weighted by Gasteiger charge is -2.14. The number of thioether (sulfide) groups is 1. The summed E-state index contributed by atoms with van der Waals surface area (Å²) in [6.07, 6.45) is 1.70. The number of hydrogen-bond acceptors (Lipinski definition) is 7. The molecule has 0 radical (unpaired) electrons. The Kier molecular flexibility index (Phi) is 6.01. The first kappa shape index (κ1) is 24.0. The summed E-state index contributed by atoms with van der Waals surface area (Å²) in [5.41, 5.74) is 4.67. The maximum atomic E-state index is 13.1. The first-order valence-corrected chi connectivity index (χ1v) is 12.1. The SMILES string of the molecule is Cc1cc([N+](=O)[O-])ccc1-n1c(C)cc(/C=C2\SC(=O)N(Cc3cc4c(cc3Cl)OCO4)C2=O)c1C. The third-order valence-electron chi connectivity index (χ3n) is 6.13. The van der Waals surface area contributed by atoms with Crippen molar-refractivity contribution in [3.05, 3.63) is 84.5 Å². The van der Waals surface area contributed by atoms with Gasteiger partial charge in [-0.15, -0.1) is 0 Å². The van der Waals surface area contributed by atoms with Crippen LogP contribution < -0.4 is 9.47 Å². The fraction of sp³-hybridized carbons (Fsp3) is 0.200. The molecule has 1 fully saturated rings. The van der Waals surface area contributed by atoms with Gasteiger partial charge < -0.3 is 14.0 Å². The first-order chi connectivity index (χ1) is 17.1. The summed E-state index contributed by atoms with van der Waals surface area (Å²) >= 11 is 7.21. The zero-order valence-corrected chi connectivity index (χ0v) is 21.1. The predicted molar refractivity (Wildman–Crippen MR) is 136 cm³/mol. The second-order valence-corrected chi connectivity index (χ2v) is 9.85. The number of hydrogen-bond donors (Lipinski definition) is 0. The highest BCUT2D eigenvalue weighted by atomic mass is 35.5. The number of halogens is 1. The highest BCUT2D eigenvalue weighted by Crippen LogP contribution is 2.40. The molecule has 2 amide bonds. The van der Waals surface area contributed by atoms with Crippen LogP contribution in [0.15, 0.2) is 41.3 Å². The van der Waals surface area contributed by atoms with Gasteiger partial charge in [-0.3, -0.25) is 24.6 Å². The van der Waals surface area contributed by atoms with E-state index in [4.69, 9.17) is 21.1 Å². The number of ether oxygens (including phenoxy) is 2. The number of aromatic nitrogens is 1. The van der Waals surface area contributed by atoms with Crippen LogP contribution in [0, 0.1) is 30.9 Å². The third kappa shape index (κ3) is 4.12. The van der Waals surface area contributed by atoms with E-state index in [1.807, 2.05) is 31.4 Å². The lowest BCUT2D eigenvalue weighted by Crippen LogP contribution is -2.27. The quantitative estimate of drug-likeness (QED) is 0.231. The number of imide groups is 1. The van der Waals surface area contributed by atoms with Crippen LogP contribution >= 0.6 is 23.4 Å². The third-order valence-corrected chi connectivity index (χ3v) is 7.39. The Labute approximate surface area is 215 Å². The number of benzene rings is 2. The van der Waals surface area contributed by atoms with E-state index in [0.29, 0.717) is 27.0 Å². The summed E-state index contributed by atoms with van der Waals surface area (Å²) in [5.74, 6) is 0.636. The summed E-state index contributed by atoms with van der Waals surface area (Å²) in [6, 6.07) is 9.91. The molecule has 9 nitrogen and oxygen atoms in total. The fourth-order valence-corrected chi connectivity index (χ4v) is 5.38. The van der Waals surface area contributed by atoms with Crippen molar-refractivity contribution in [2.75, 3.05) is 6.79 Å². The van der Waals surface area contributed by atoms with Crippen LogP contribution in [0.25, 0.3) is 11.8 Å². The summed E-state index contributed by atoms with van der Waals surface area (Å²) < 4.78 is 12.7. The van der Waals surface area contributed by atoms with Crippen molar-refractivity contribution in [1.29, 1.82) is 0 Å². The highest BCUT2D eigenvalue weighted by Gasteiger charge is 2.36. The molecule has 0 bridgehead atoms. The van der Waals surface area contributed by atoms with E-state index in [1.165, 1.54) is 12.1 Å². The summed E-state index contributed by atoms with van der Waals surface area (Å²) in [5, 5.41) is 11.1. The van der Waals surface area contributed by atoms with Crippen LogP contribution in [-0.4, -0.2) is 32.3 Å². The van der Waals surface area contributed by atoms with Crippen molar-refractivity contribution in [2.24, 2.45) is 0 Å². The molecule has 0 atom stereocenters. The normalized spacial score (nSPS) is 15.9. The van der Waals surface area contributed by atoms with E-state index in [1.54, 1.807) is 24.3 Å². The van der Waals surface area contributed by atoms with Crippen molar-refractivity contribution in [2.45, 2.75) is 27.3 Å². The molecule has 36 heavy (non-hydrogen) atoms. The van der Waals surface area contributed by atoms with Crippen molar-refractivity contribution in [3.8, 4) is 17.2 Å².